The zero-order valence-electron chi connectivity index (χ0n) is 8.40. The van der Waals surface area contributed by atoms with Crippen LogP contribution in [0.25, 0.3) is 0 Å². The van der Waals surface area contributed by atoms with Crippen LogP contribution < -0.4 is 10.6 Å². The summed E-state index contributed by atoms with van der Waals surface area (Å²) in [6.45, 7) is 1.12. The maximum Gasteiger partial charge on any atom is 0.264 e. The van der Waals surface area contributed by atoms with Gasteiger partial charge in [-0.1, -0.05) is 0 Å². The number of carbonyl (C=O) groups excluding carboxylic acids is 1. The molecule has 3 N–H and O–H groups in total. The second-order valence-electron chi connectivity index (χ2n) is 3.58. The summed E-state index contributed by atoms with van der Waals surface area (Å²) in [7, 11) is -3.91. The van der Waals surface area contributed by atoms with Crippen molar-refractivity contribution in [3.8, 4) is 0 Å². The van der Waals surface area contributed by atoms with Crippen molar-refractivity contribution in [1.82, 2.24) is 10.6 Å². The lowest BCUT2D eigenvalue weighted by molar-refractivity contribution is -0.122. The SMILES string of the molecule is O=C(NCCCS(=O)(=O)O)[C@@H]1CCCN1. The molecule has 1 saturated heterocycles. The molecule has 0 spiro atoms. The van der Waals surface area contributed by atoms with Gasteiger partial charge >= 0.3 is 0 Å². The lowest BCUT2D eigenvalue weighted by atomic mass is 10.2. The summed E-state index contributed by atoms with van der Waals surface area (Å²) >= 11 is 0. The molecule has 1 amide bonds. The van der Waals surface area contributed by atoms with E-state index in [1.165, 1.54) is 0 Å². The molecule has 1 aliphatic heterocycles. The van der Waals surface area contributed by atoms with Crippen LogP contribution in [0.4, 0.5) is 0 Å². The zero-order chi connectivity index (χ0) is 11.3. The van der Waals surface area contributed by atoms with E-state index in [4.69, 9.17) is 4.55 Å². The standard InChI is InChI=1S/C8H16N2O4S/c11-8(7-3-1-4-9-7)10-5-2-6-15(12,13)14/h7,9H,1-6H2,(H,10,11)(H,12,13,14)/t7-/m0/s1. The molecule has 0 aromatic heterocycles. The highest BCUT2D eigenvalue weighted by molar-refractivity contribution is 7.85. The number of hydrogen-bond donors (Lipinski definition) is 3. The van der Waals surface area contributed by atoms with Crippen LogP contribution >= 0.6 is 0 Å². The maximum atomic E-state index is 11.4. The number of carbonyl (C=O) groups is 1. The molecule has 1 heterocycles. The minimum absolute atomic E-state index is 0.0946. The van der Waals surface area contributed by atoms with E-state index in [0.29, 0.717) is 0 Å². The normalized spacial score (nSPS) is 21.5. The summed E-state index contributed by atoms with van der Waals surface area (Å²) in [4.78, 5) is 11.4. The average Bonchev–Trinajstić information content (AvgIpc) is 2.63. The van der Waals surface area contributed by atoms with Crippen LogP contribution in [-0.4, -0.2) is 43.8 Å². The smallest absolute Gasteiger partial charge is 0.264 e. The van der Waals surface area contributed by atoms with Crippen LogP contribution in [0, 0.1) is 0 Å². The highest BCUT2D eigenvalue weighted by atomic mass is 32.2. The van der Waals surface area contributed by atoms with Crippen molar-refractivity contribution < 1.29 is 17.8 Å². The number of amides is 1. The van der Waals surface area contributed by atoms with Crippen molar-refractivity contribution >= 4 is 16.0 Å². The second-order valence-corrected chi connectivity index (χ2v) is 5.15. The van der Waals surface area contributed by atoms with E-state index >= 15 is 0 Å². The average molecular weight is 236 g/mol. The van der Waals surface area contributed by atoms with Gasteiger partial charge in [0.1, 0.15) is 0 Å². The Hall–Kier alpha value is -0.660. The molecule has 88 valence electrons. The largest absolute Gasteiger partial charge is 0.355 e. The van der Waals surface area contributed by atoms with Gasteiger partial charge in [-0.25, -0.2) is 0 Å². The minimum Gasteiger partial charge on any atom is -0.355 e. The molecular formula is C8H16N2O4S. The Morgan fingerprint density at radius 2 is 2.27 bits per heavy atom. The Labute approximate surface area is 89.2 Å². The molecular weight excluding hydrogens is 220 g/mol. The van der Waals surface area contributed by atoms with Crippen molar-refractivity contribution in [3.05, 3.63) is 0 Å². The quantitative estimate of drug-likeness (QED) is 0.426. The maximum absolute atomic E-state index is 11.4. The molecule has 0 saturated carbocycles. The minimum atomic E-state index is -3.91. The Morgan fingerprint density at radius 1 is 1.53 bits per heavy atom. The molecule has 0 unspecified atom stereocenters. The van der Waals surface area contributed by atoms with Crippen LogP contribution in [0.1, 0.15) is 19.3 Å². The van der Waals surface area contributed by atoms with E-state index < -0.39 is 10.1 Å². The van der Waals surface area contributed by atoms with Gasteiger partial charge in [0.2, 0.25) is 5.91 Å². The predicted molar refractivity (Wildman–Crippen MR) is 55.1 cm³/mol. The van der Waals surface area contributed by atoms with Gasteiger partial charge in [-0.15, -0.1) is 0 Å². The molecule has 0 aliphatic carbocycles. The first-order valence-corrected chi connectivity index (χ1v) is 6.56. The van der Waals surface area contributed by atoms with Crippen molar-refractivity contribution in [1.29, 1.82) is 0 Å². The fraction of sp³-hybridized carbons (Fsp3) is 0.875. The van der Waals surface area contributed by atoms with Gasteiger partial charge in [-0.3, -0.25) is 9.35 Å². The molecule has 0 aromatic carbocycles. The number of hydrogen-bond acceptors (Lipinski definition) is 4. The first-order chi connectivity index (χ1) is 6.99. The van der Waals surface area contributed by atoms with Crippen LogP contribution in [0.15, 0.2) is 0 Å². The monoisotopic (exact) mass is 236 g/mol. The third kappa shape index (κ3) is 5.10. The van der Waals surface area contributed by atoms with Crippen molar-refractivity contribution in [2.75, 3.05) is 18.8 Å². The molecule has 0 radical (unpaired) electrons. The van der Waals surface area contributed by atoms with Crippen molar-refractivity contribution in [2.45, 2.75) is 25.3 Å². The molecule has 1 fully saturated rings. The van der Waals surface area contributed by atoms with E-state index in [-0.39, 0.29) is 30.7 Å². The van der Waals surface area contributed by atoms with Crippen molar-refractivity contribution in [2.24, 2.45) is 0 Å². The number of nitrogens with one attached hydrogen (secondary N) is 2. The fourth-order valence-corrected chi connectivity index (χ4v) is 2.01. The van der Waals surface area contributed by atoms with E-state index in [1.54, 1.807) is 0 Å². The molecule has 0 bridgehead atoms. The Bertz CT molecular complexity index is 309. The molecule has 6 nitrogen and oxygen atoms in total. The Kier molecular flexibility index (Phi) is 4.49. The zero-order valence-corrected chi connectivity index (χ0v) is 9.22. The molecule has 0 aromatic rings. The van der Waals surface area contributed by atoms with Crippen molar-refractivity contribution in [3.63, 3.8) is 0 Å². The van der Waals surface area contributed by atoms with Gasteiger partial charge in [0.15, 0.2) is 0 Å². The molecule has 1 atom stereocenters. The van der Waals surface area contributed by atoms with Crippen LogP contribution in [0.3, 0.4) is 0 Å². The van der Waals surface area contributed by atoms with E-state index in [1.807, 2.05) is 0 Å². The third-order valence-electron chi connectivity index (χ3n) is 2.26. The Balaban J connectivity index is 2.12. The topological polar surface area (TPSA) is 95.5 Å². The van der Waals surface area contributed by atoms with Crippen LogP contribution in [0.5, 0.6) is 0 Å². The highest BCUT2D eigenvalue weighted by Crippen LogP contribution is 2.04. The summed E-state index contributed by atoms with van der Waals surface area (Å²) in [5, 5.41) is 5.65. The van der Waals surface area contributed by atoms with Gasteiger partial charge in [-0.05, 0) is 25.8 Å². The first kappa shape index (κ1) is 12.4. The molecule has 1 rings (SSSR count). The summed E-state index contributed by atoms with van der Waals surface area (Å²) < 4.78 is 29.2. The van der Waals surface area contributed by atoms with E-state index in [2.05, 4.69) is 10.6 Å². The molecule has 7 heteroatoms. The summed E-state index contributed by atoms with van der Waals surface area (Å²) in [6.07, 6.45) is 2.05. The lowest BCUT2D eigenvalue weighted by Gasteiger charge is -2.10. The molecule has 15 heavy (non-hydrogen) atoms. The third-order valence-corrected chi connectivity index (χ3v) is 3.06. The van der Waals surface area contributed by atoms with Gasteiger partial charge in [0.25, 0.3) is 10.1 Å². The first-order valence-electron chi connectivity index (χ1n) is 4.95. The van der Waals surface area contributed by atoms with Gasteiger partial charge < -0.3 is 10.6 Å². The lowest BCUT2D eigenvalue weighted by Crippen LogP contribution is -2.41. The van der Waals surface area contributed by atoms with Crippen LogP contribution in [-0.2, 0) is 14.9 Å². The molecule has 1 aliphatic rings. The summed E-state index contributed by atoms with van der Waals surface area (Å²) in [6, 6.07) is -0.143. The van der Waals surface area contributed by atoms with Crippen LogP contribution in [0.2, 0.25) is 0 Å². The second kappa shape index (κ2) is 5.43. The number of rotatable bonds is 5. The van der Waals surface area contributed by atoms with Gasteiger partial charge in [-0.2, -0.15) is 8.42 Å². The highest BCUT2D eigenvalue weighted by Gasteiger charge is 2.21. The van der Waals surface area contributed by atoms with E-state index in [9.17, 15) is 13.2 Å². The summed E-state index contributed by atoms with van der Waals surface area (Å²) in [5.41, 5.74) is 0. The van der Waals surface area contributed by atoms with E-state index in [0.717, 1.165) is 19.4 Å². The van der Waals surface area contributed by atoms with Gasteiger partial charge in [0.05, 0.1) is 11.8 Å². The Morgan fingerprint density at radius 3 is 2.80 bits per heavy atom. The fourth-order valence-electron chi connectivity index (χ4n) is 1.50. The van der Waals surface area contributed by atoms with Gasteiger partial charge in [0, 0.05) is 6.54 Å². The predicted octanol–water partition coefficient (Wildman–Crippen LogP) is -0.867. The summed E-state index contributed by atoms with van der Waals surface area (Å²) in [5.74, 6) is -0.409.